The molecule has 0 atom stereocenters. The lowest BCUT2D eigenvalue weighted by Crippen LogP contribution is -2.56. The van der Waals surface area contributed by atoms with Gasteiger partial charge in [-0.25, -0.2) is 4.98 Å². The summed E-state index contributed by atoms with van der Waals surface area (Å²) in [6.07, 6.45) is 6.46. The minimum Gasteiger partial charge on any atom is -0.344 e. The number of aromatic nitrogens is 2. The minimum atomic E-state index is -0.207. The average molecular weight is 326 g/mol. The van der Waals surface area contributed by atoms with E-state index in [0.717, 1.165) is 50.9 Å². The molecule has 2 aromatic rings. The van der Waals surface area contributed by atoms with Gasteiger partial charge in [0.15, 0.2) is 5.82 Å². The van der Waals surface area contributed by atoms with Gasteiger partial charge in [0.1, 0.15) is 0 Å². The van der Waals surface area contributed by atoms with Gasteiger partial charge < -0.3 is 15.6 Å². The van der Waals surface area contributed by atoms with Crippen molar-refractivity contribution in [2.45, 2.75) is 44.6 Å². The van der Waals surface area contributed by atoms with Crippen molar-refractivity contribution in [2.24, 2.45) is 0 Å². The maximum atomic E-state index is 12.7. The zero-order valence-corrected chi connectivity index (χ0v) is 14.3. The number of aromatic amines is 1. The Hall–Kier alpha value is -2.14. The van der Waals surface area contributed by atoms with E-state index in [-0.39, 0.29) is 11.4 Å². The first kappa shape index (κ1) is 16.7. The fraction of sp³-hybridized carbons (Fsp3) is 0.474. The van der Waals surface area contributed by atoms with Gasteiger partial charge in [0.25, 0.3) is 5.91 Å². The summed E-state index contributed by atoms with van der Waals surface area (Å²) in [6.45, 7) is 3.96. The fourth-order valence-electron chi connectivity index (χ4n) is 3.40. The third-order valence-electron chi connectivity index (χ3n) is 4.68. The van der Waals surface area contributed by atoms with Crippen LogP contribution in [0.2, 0.25) is 0 Å². The van der Waals surface area contributed by atoms with Crippen LogP contribution >= 0.6 is 0 Å². The molecular weight excluding hydrogens is 300 g/mol. The standard InChI is InChI=1S/C19H26N4O/c1-2-6-16-14-21-17(22-16)18(24)23-19(9-11-20-12-10-19)13-15-7-4-3-5-8-15/h3-5,7-8,14,20H,2,6,9-13H2,1H3,(H,21,22)(H,23,24). The van der Waals surface area contributed by atoms with Crippen LogP contribution in [0.4, 0.5) is 0 Å². The summed E-state index contributed by atoms with van der Waals surface area (Å²) in [5, 5.41) is 6.66. The number of nitrogens with zero attached hydrogens (tertiary/aromatic N) is 1. The third kappa shape index (κ3) is 4.03. The maximum Gasteiger partial charge on any atom is 0.287 e. The Labute approximate surface area is 143 Å². The van der Waals surface area contributed by atoms with Crippen LogP contribution in [0.5, 0.6) is 0 Å². The first-order chi connectivity index (χ1) is 11.7. The van der Waals surface area contributed by atoms with Crippen LogP contribution in [-0.2, 0) is 12.8 Å². The van der Waals surface area contributed by atoms with Crippen molar-refractivity contribution < 1.29 is 4.79 Å². The number of hydrogen-bond donors (Lipinski definition) is 3. The van der Waals surface area contributed by atoms with Gasteiger partial charge in [0.05, 0.1) is 5.69 Å². The predicted molar refractivity (Wildman–Crippen MR) is 95.0 cm³/mol. The Morgan fingerprint density at radius 1 is 1.25 bits per heavy atom. The van der Waals surface area contributed by atoms with Gasteiger partial charge in [0.2, 0.25) is 0 Å². The first-order valence-electron chi connectivity index (χ1n) is 8.82. The molecule has 0 radical (unpaired) electrons. The van der Waals surface area contributed by atoms with Crippen LogP contribution in [-0.4, -0.2) is 34.5 Å². The number of carbonyl (C=O) groups excluding carboxylic acids is 1. The second-order valence-corrected chi connectivity index (χ2v) is 6.64. The Balaban J connectivity index is 1.74. The van der Waals surface area contributed by atoms with E-state index in [4.69, 9.17) is 0 Å². The lowest BCUT2D eigenvalue weighted by atomic mass is 9.82. The summed E-state index contributed by atoms with van der Waals surface area (Å²) in [7, 11) is 0. The van der Waals surface area contributed by atoms with Crippen molar-refractivity contribution in [1.29, 1.82) is 0 Å². The number of H-pyrrole nitrogens is 1. The van der Waals surface area contributed by atoms with Gasteiger partial charge >= 0.3 is 0 Å². The highest BCUT2D eigenvalue weighted by Crippen LogP contribution is 2.24. The van der Waals surface area contributed by atoms with Crippen molar-refractivity contribution in [3.63, 3.8) is 0 Å². The second kappa shape index (κ2) is 7.62. The number of rotatable bonds is 6. The van der Waals surface area contributed by atoms with Gasteiger partial charge in [-0.3, -0.25) is 4.79 Å². The molecular formula is C19H26N4O. The Bertz CT molecular complexity index is 659. The van der Waals surface area contributed by atoms with Crippen LogP contribution in [0.15, 0.2) is 36.5 Å². The number of piperidine rings is 1. The van der Waals surface area contributed by atoms with Gasteiger partial charge in [0, 0.05) is 11.7 Å². The van der Waals surface area contributed by atoms with Crippen molar-refractivity contribution in [2.75, 3.05) is 13.1 Å². The molecule has 3 N–H and O–H groups in total. The maximum absolute atomic E-state index is 12.7. The third-order valence-corrected chi connectivity index (χ3v) is 4.68. The SMILES string of the molecule is CCCc1c[nH]c(C(=O)NC2(Cc3ccccc3)CCNCC2)n1. The molecule has 1 saturated heterocycles. The van der Waals surface area contributed by atoms with Gasteiger partial charge in [-0.15, -0.1) is 0 Å². The number of nitrogens with one attached hydrogen (secondary N) is 3. The highest BCUT2D eigenvalue weighted by Gasteiger charge is 2.34. The molecule has 5 heteroatoms. The highest BCUT2D eigenvalue weighted by molar-refractivity contribution is 5.91. The molecule has 0 unspecified atom stereocenters. The van der Waals surface area contributed by atoms with Crippen molar-refractivity contribution in [3.8, 4) is 0 Å². The van der Waals surface area contributed by atoms with E-state index in [2.05, 4.69) is 51.8 Å². The lowest BCUT2D eigenvalue weighted by Gasteiger charge is -2.38. The molecule has 1 fully saturated rings. The quantitative estimate of drug-likeness (QED) is 0.764. The highest BCUT2D eigenvalue weighted by atomic mass is 16.2. The molecule has 0 saturated carbocycles. The topological polar surface area (TPSA) is 69.8 Å². The van der Waals surface area contributed by atoms with Crippen molar-refractivity contribution in [1.82, 2.24) is 20.6 Å². The molecule has 24 heavy (non-hydrogen) atoms. The first-order valence-corrected chi connectivity index (χ1v) is 8.82. The second-order valence-electron chi connectivity index (χ2n) is 6.64. The Morgan fingerprint density at radius 2 is 2.00 bits per heavy atom. The van der Waals surface area contributed by atoms with Crippen molar-refractivity contribution >= 4 is 5.91 Å². The molecule has 1 aliphatic rings. The smallest absolute Gasteiger partial charge is 0.287 e. The number of amides is 1. The summed E-state index contributed by atoms with van der Waals surface area (Å²) in [4.78, 5) is 20.1. The number of imidazole rings is 1. The zero-order chi connectivity index (χ0) is 16.8. The molecule has 5 nitrogen and oxygen atoms in total. The lowest BCUT2D eigenvalue weighted by molar-refractivity contribution is 0.0864. The number of hydrogen-bond acceptors (Lipinski definition) is 3. The molecule has 1 amide bonds. The number of benzene rings is 1. The van der Waals surface area contributed by atoms with E-state index in [1.54, 1.807) is 0 Å². The Morgan fingerprint density at radius 3 is 2.71 bits per heavy atom. The molecule has 1 aliphatic heterocycles. The van der Waals surface area contributed by atoms with E-state index >= 15 is 0 Å². The molecule has 128 valence electrons. The molecule has 0 aliphatic carbocycles. The summed E-state index contributed by atoms with van der Waals surface area (Å²) in [6, 6.07) is 10.4. The van der Waals surface area contributed by atoms with E-state index in [1.165, 1.54) is 5.56 Å². The largest absolute Gasteiger partial charge is 0.344 e. The molecule has 1 aromatic carbocycles. The van der Waals surface area contributed by atoms with Crippen LogP contribution in [0, 0.1) is 0 Å². The minimum absolute atomic E-state index is 0.102. The van der Waals surface area contributed by atoms with Crippen molar-refractivity contribution in [3.05, 3.63) is 53.6 Å². The Kier molecular flexibility index (Phi) is 5.30. The van der Waals surface area contributed by atoms with Gasteiger partial charge in [-0.1, -0.05) is 43.7 Å². The summed E-state index contributed by atoms with van der Waals surface area (Å²) < 4.78 is 0. The zero-order valence-electron chi connectivity index (χ0n) is 14.3. The van der Waals surface area contributed by atoms with Gasteiger partial charge in [-0.05, 0) is 44.3 Å². The van der Waals surface area contributed by atoms with E-state index in [1.807, 2.05) is 12.3 Å². The predicted octanol–water partition coefficient (Wildman–Crippen LogP) is 2.46. The number of carbonyl (C=O) groups is 1. The molecule has 0 spiro atoms. The van der Waals surface area contributed by atoms with E-state index < -0.39 is 0 Å². The van der Waals surface area contributed by atoms with Crippen LogP contribution in [0.25, 0.3) is 0 Å². The average Bonchev–Trinajstić information content (AvgIpc) is 3.06. The van der Waals surface area contributed by atoms with Crippen LogP contribution in [0.1, 0.15) is 48.1 Å². The normalized spacial score (nSPS) is 16.7. The van der Waals surface area contributed by atoms with Gasteiger partial charge in [-0.2, -0.15) is 0 Å². The molecule has 2 heterocycles. The summed E-state index contributed by atoms with van der Waals surface area (Å²) in [5.74, 6) is 0.319. The monoisotopic (exact) mass is 326 g/mol. The molecule has 0 bridgehead atoms. The van der Waals surface area contributed by atoms with E-state index in [9.17, 15) is 4.79 Å². The van der Waals surface area contributed by atoms with E-state index in [0.29, 0.717) is 5.82 Å². The molecule has 3 rings (SSSR count). The number of aryl methyl sites for hydroxylation is 1. The van der Waals surface area contributed by atoms with Crippen LogP contribution in [0.3, 0.4) is 0 Å². The fourth-order valence-corrected chi connectivity index (χ4v) is 3.40. The van der Waals surface area contributed by atoms with Crippen LogP contribution < -0.4 is 10.6 Å². The summed E-state index contributed by atoms with van der Waals surface area (Å²) in [5.41, 5.74) is 2.00. The summed E-state index contributed by atoms with van der Waals surface area (Å²) >= 11 is 0. The molecule has 1 aromatic heterocycles.